The molecule has 3 aliphatic rings. The van der Waals surface area contributed by atoms with E-state index in [4.69, 9.17) is 4.74 Å². The Balaban J connectivity index is 1.13. The van der Waals surface area contributed by atoms with Crippen molar-refractivity contribution in [2.75, 3.05) is 19.7 Å². The minimum atomic E-state index is -0.908. The third-order valence-electron chi connectivity index (χ3n) is 7.73. The van der Waals surface area contributed by atoms with Crippen LogP contribution in [0.1, 0.15) is 42.7 Å². The number of carbonyl (C=O) groups excluding carboxylic acids is 2. The van der Waals surface area contributed by atoms with E-state index in [0.717, 1.165) is 11.1 Å². The van der Waals surface area contributed by atoms with Gasteiger partial charge in [-0.1, -0.05) is 54.6 Å². The van der Waals surface area contributed by atoms with Crippen molar-refractivity contribution >= 4 is 18.0 Å². The predicted octanol–water partition coefficient (Wildman–Crippen LogP) is 4.18. The molecular formula is C28H30N2O5. The largest absolute Gasteiger partial charge is 0.481 e. The van der Waals surface area contributed by atoms with Gasteiger partial charge in [0.1, 0.15) is 12.0 Å². The number of allylic oxidation sites excluding steroid dienone is 1. The van der Waals surface area contributed by atoms with E-state index in [1.54, 1.807) is 11.0 Å². The van der Waals surface area contributed by atoms with Gasteiger partial charge in [-0.25, -0.2) is 4.79 Å². The van der Waals surface area contributed by atoms with Crippen molar-refractivity contribution in [1.82, 2.24) is 10.2 Å². The number of likely N-dealkylation sites (tertiary alicyclic amines) is 1. The molecule has 2 N–H and O–H groups in total. The summed E-state index contributed by atoms with van der Waals surface area (Å²) in [7, 11) is 0. The number of amides is 2. The molecule has 2 fully saturated rings. The molecule has 2 aromatic carbocycles. The molecule has 7 nitrogen and oxygen atoms in total. The maximum atomic E-state index is 12.9. The Hall–Kier alpha value is -3.61. The molecular weight excluding hydrogens is 444 g/mol. The molecule has 7 heteroatoms. The van der Waals surface area contributed by atoms with Crippen molar-refractivity contribution in [1.29, 1.82) is 0 Å². The van der Waals surface area contributed by atoms with Crippen LogP contribution in [-0.2, 0) is 14.3 Å². The number of nitrogens with one attached hydrogen (secondary N) is 1. The zero-order valence-corrected chi connectivity index (χ0v) is 19.6. The smallest absolute Gasteiger partial charge is 0.407 e. The number of nitrogens with zero attached hydrogens (tertiary/aromatic N) is 1. The van der Waals surface area contributed by atoms with E-state index in [0.29, 0.717) is 25.7 Å². The normalized spacial score (nSPS) is 22.0. The van der Waals surface area contributed by atoms with E-state index in [1.165, 1.54) is 11.1 Å². The Morgan fingerprint density at radius 1 is 1.06 bits per heavy atom. The van der Waals surface area contributed by atoms with Crippen LogP contribution in [0.5, 0.6) is 0 Å². The van der Waals surface area contributed by atoms with Gasteiger partial charge in [0.2, 0.25) is 5.91 Å². The van der Waals surface area contributed by atoms with Gasteiger partial charge in [-0.05, 0) is 47.9 Å². The van der Waals surface area contributed by atoms with Gasteiger partial charge in [0.15, 0.2) is 0 Å². The molecule has 0 bridgehead atoms. The first-order chi connectivity index (χ1) is 16.9. The Morgan fingerprint density at radius 3 is 2.29 bits per heavy atom. The number of ether oxygens (including phenoxy) is 1. The number of hydrogen-bond acceptors (Lipinski definition) is 4. The van der Waals surface area contributed by atoms with Gasteiger partial charge in [0, 0.05) is 31.0 Å². The first-order valence-electron chi connectivity index (χ1n) is 12.2. The van der Waals surface area contributed by atoms with Crippen LogP contribution < -0.4 is 5.32 Å². The van der Waals surface area contributed by atoms with E-state index in [-0.39, 0.29) is 43.5 Å². The summed E-state index contributed by atoms with van der Waals surface area (Å²) < 4.78 is 5.64. The van der Waals surface area contributed by atoms with Crippen LogP contribution in [0.3, 0.4) is 0 Å². The van der Waals surface area contributed by atoms with Gasteiger partial charge in [0.25, 0.3) is 0 Å². The molecule has 1 saturated heterocycles. The van der Waals surface area contributed by atoms with Crippen molar-refractivity contribution < 1.29 is 24.2 Å². The zero-order valence-electron chi connectivity index (χ0n) is 19.6. The lowest BCUT2D eigenvalue weighted by molar-refractivity contribution is -0.167. The van der Waals surface area contributed by atoms with Crippen LogP contribution in [0.15, 0.2) is 61.2 Å². The molecule has 2 aliphatic carbocycles. The van der Waals surface area contributed by atoms with Crippen LogP contribution in [0.25, 0.3) is 11.1 Å². The summed E-state index contributed by atoms with van der Waals surface area (Å²) in [5.41, 5.74) is 3.78. The predicted molar refractivity (Wildman–Crippen MR) is 131 cm³/mol. The molecule has 0 radical (unpaired) electrons. The van der Waals surface area contributed by atoms with Gasteiger partial charge in [0.05, 0.1) is 0 Å². The Bertz CT molecular complexity index is 1120. The highest BCUT2D eigenvalue weighted by Crippen LogP contribution is 2.44. The number of carboxylic acids is 1. The lowest BCUT2D eigenvalue weighted by Crippen LogP contribution is -2.62. The van der Waals surface area contributed by atoms with E-state index in [2.05, 4.69) is 36.2 Å². The van der Waals surface area contributed by atoms with Gasteiger partial charge >= 0.3 is 12.1 Å². The quantitative estimate of drug-likeness (QED) is 0.587. The molecule has 0 spiro atoms. The average Bonchev–Trinajstić information content (AvgIpc) is 3.42. The summed E-state index contributed by atoms with van der Waals surface area (Å²) >= 11 is 0. The second-order valence-electron chi connectivity index (χ2n) is 9.95. The van der Waals surface area contributed by atoms with Gasteiger partial charge in [-0.3, -0.25) is 9.59 Å². The number of rotatable bonds is 7. The molecule has 35 heavy (non-hydrogen) atoms. The SMILES string of the molecule is C=CCC1(C(=O)O)CN(C(=O)[C@@H]2CC[C@H](NC(=O)OCC3c4ccccc4-c4ccccc43)C2)C1. The summed E-state index contributed by atoms with van der Waals surface area (Å²) in [6, 6.07) is 16.3. The third-order valence-corrected chi connectivity index (χ3v) is 7.73. The van der Waals surface area contributed by atoms with Crippen molar-refractivity contribution in [2.45, 2.75) is 37.6 Å². The standard InChI is InChI=1S/C28H30N2O5/c1-2-13-28(26(32)33)16-30(17-28)25(31)18-11-12-19(14-18)29-27(34)35-15-24-22-9-5-3-7-20(22)21-8-4-6-10-23(21)24/h2-10,18-19,24H,1,11-17H2,(H,29,34)(H,32,33)/t18-,19+/m1/s1. The lowest BCUT2D eigenvalue weighted by Gasteiger charge is -2.47. The summed E-state index contributed by atoms with van der Waals surface area (Å²) in [6.45, 7) is 4.32. The number of hydrogen-bond donors (Lipinski definition) is 2. The van der Waals surface area contributed by atoms with E-state index in [9.17, 15) is 19.5 Å². The maximum absolute atomic E-state index is 12.9. The summed E-state index contributed by atoms with van der Waals surface area (Å²) in [5.74, 6) is -1.11. The van der Waals surface area contributed by atoms with Crippen molar-refractivity contribution in [3.63, 3.8) is 0 Å². The summed E-state index contributed by atoms with van der Waals surface area (Å²) in [5, 5.41) is 12.4. The zero-order chi connectivity index (χ0) is 24.6. The van der Waals surface area contributed by atoms with E-state index < -0.39 is 17.5 Å². The number of fused-ring (bicyclic) bond motifs is 3. The van der Waals surface area contributed by atoms with Gasteiger partial charge in [-0.15, -0.1) is 6.58 Å². The topological polar surface area (TPSA) is 95.9 Å². The summed E-state index contributed by atoms with van der Waals surface area (Å²) in [6.07, 6.45) is 3.39. The van der Waals surface area contributed by atoms with Crippen LogP contribution in [0, 0.1) is 11.3 Å². The number of aliphatic carboxylic acids is 1. The van der Waals surface area contributed by atoms with Crippen molar-refractivity contribution in [3.8, 4) is 11.1 Å². The molecule has 5 rings (SSSR count). The van der Waals surface area contributed by atoms with Crippen LogP contribution in [0.2, 0.25) is 0 Å². The fourth-order valence-electron chi connectivity index (χ4n) is 5.87. The van der Waals surface area contributed by atoms with Crippen LogP contribution in [-0.4, -0.2) is 53.7 Å². The maximum Gasteiger partial charge on any atom is 0.407 e. The Kier molecular flexibility index (Phi) is 6.09. The lowest BCUT2D eigenvalue weighted by atomic mass is 9.76. The molecule has 1 heterocycles. The minimum absolute atomic E-state index is 0.00235. The van der Waals surface area contributed by atoms with Crippen LogP contribution in [0.4, 0.5) is 4.79 Å². The molecule has 182 valence electrons. The fourth-order valence-corrected chi connectivity index (χ4v) is 5.87. The van der Waals surface area contributed by atoms with Gasteiger partial charge in [-0.2, -0.15) is 0 Å². The molecule has 2 atom stereocenters. The van der Waals surface area contributed by atoms with Crippen molar-refractivity contribution in [2.24, 2.45) is 11.3 Å². The minimum Gasteiger partial charge on any atom is -0.481 e. The number of benzene rings is 2. The number of alkyl carbamates (subject to hydrolysis) is 1. The van der Waals surface area contributed by atoms with E-state index >= 15 is 0 Å². The Labute approximate surface area is 204 Å². The Morgan fingerprint density at radius 2 is 1.69 bits per heavy atom. The third kappa shape index (κ3) is 4.20. The first kappa shape index (κ1) is 23.1. The molecule has 2 amide bonds. The highest BCUT2D eigenvalue weighted by atomic mass is 16.5. The molecule has 1 aliphatic heterocycles. The van der Waals surface area contributed by atoms with E-state index in [1.807, 2.05) is 24.3 Å². The summed E-state index contributed by atoms with van der Waals surface area (Å²) in [4.78, 5) is 38.7. The monoisotopic (exact) mass is 474 g/mol. The second-order valence-corrected chi connectivity index (χ2v) is 9.95. The number of carbonyl (C=O) groups is 3. The van der Waals surface area contributed by atoms with Crippen molar-refractivity contribution in [3.05, 3.63) is 72.3 Å². The van der Waals surface area contributed by atoms with Crippen LogP contribution >= 0.6 is 0 Å². The molecule has 0 unspecified atom stereocenters. The molecule has 0 aromatic heterocycles. The van der Waals surface area contributed by atoms with Gasteiger partial charge < -0.3 is 20.1 Å². The average molecular weight is 475 g/mol. The second kappa shape index (κ2) is 9.21. The first-order valence-corrected chi connectivity index (χ1v) is 12.2. The molecule has 2 aromatic rings. The highest BCUT2D eigenvalue weighted by Gasteiger charge is 2.51. The fraction of sp³-hybridized carbons (Fsp3) is 0.393. The highest BCUT2D eigenvalue weighted by molar-refractivity contribution is 5.85. The molecule has 1 saturated carbocycles. The number of carboxylic acid groups (broad SMARTS) is 1.